The largest absolute Gasteiger partial charge is 0.507 e. The molecule has 0 fully saturated rings. The van der Waals surface area contributed by atoms with Gasteiger partial charge < -0.3 is 5.11 Å². The van der Waals surface area contributed by atoms with Crippen LogP contribution in [0.3, 0.4) is 0 Å². The van der Waals surface area contributed by atoms with Crippen molar-refractivity contribution < 1.29 is 5.11 Å². The van der Waals surface area contributed by atoms with E-state index in [1.165, 1.54) is 6.21 Å². The Morgan fingerprint density at radius 1 is 1.30 bits per heavy atom. The highest BCUT2D eigenvalue weighted by atomic mass is 79.9. The van der Waals surface area contributed by atoms with Crippen LogP contribution in [0.4, 0.5) is 5.95 Å². The van der Waals surface area contributed by atoms with Crippen LogP contribution in [0, 0.1) is 0 Å². The molecular weight excluding hydrogens is 324 g/mol. The summed E-state index contributed by atoms with van der Waals surface area (Å²) < 4.78 is 0.975. The summed E-state index contributed by atoms with van der Waals surface area (Å²) in [4.78, 5) is 0. The topological polar surface area (TPSA) is 99.1 Å². The first kappa shape index (κ1) is 12.5. The molecular formula is C12H9BrN6O. The predicted molar refractivity (Wildman–Crippen MR) is 78.7 cm³/mol. The van der Waals surface area contributed by atoms with Crippen molar-refractivity contribution in [3.8, 4) is 5.75 Å². The number of aromatic hydroxyl groups is 1. The van der Waals surface area contributed by atoms with Gasteiger partial charge >= 0.3 is 0 Å². The van der Waals surface area contributed by atoms with Crippen molar-refractivity contribution in [3.05, 3.63) is 40.4 Å². The SMILES string of the molecule is Oc1ccc2cc(Br)ccc2c1/C=N/Nc1nn[nH]n1. The van der Waals surface area contributed by atoms with E-state index in [-0.39, 0.29) is 11.7 Å². The lowest BCUT2D eigenvalue weighted by Gasteiger charge is -2.05. The number of fused-ring (bicyclic) bond motifs is 1. The number of tetrazole rings is 1. The lowest BCUT2D eigenvalue weighted by Crippen LogP contribution is -1.94. The maximum absolute atomic E-state index is 9.95. The number of rotatable bonds is 3. The number of nitrogens with one attached hydrogen (secondary N) is 2. The zero-order valence-corrected chi connectivity index (χ0v) is 11.7. The van der Waals surface area contributed by atoms with Crippen molar-refractivity contribution in [2.75, 3.05) is 5.43 Å². The Labute approximate surface area is 121 Å². The van der Waals surface area contributed by atoms with E-state index in [0.717, 1.165) is 15.2 Å². The average molecular weight is 333 g/mol. The van der Waals surface area contributed by atoms with Gasteiger partial charge in [-0.1, -0.05) is 33.2 Å². The molecule has 0 aliphatic heterocycles. The number of nitrogens with zero attached hydrogens (tertiary/aromatic N) is 4. The van der Waals surface area contributed by atoms with E-state index in [2.05, 4.69) is 47.1 Å². The van der Waals surface area contributed by atoms with Crippen LogP contribution < -0.4 is 5.43 Å². The molecule has 3 N–H and O–H groups in total. The lowest BCUT2D eigenvalue weighted by molar-refractivity contribution is 0.475. The van der Waals surface area contributed by atoms with E-state index in [9.17, 15) is 5.11 Å². The van der Waals surface area contributed by atoms with Gasteiger partial charge in [0.15, 0.2) is 0 Å². The quantitative estimate of drug-likeness (QED) is 0.504. The summed E-state index contributed by atoms with van der Waals surface area (Å²) in [6, 6.07) is 9.27. The number of phenols is 1. The van der Waals surface area contributed by atoms with Gasteiger partial charge in [0.05, 0.1) is 6.21 Å². The molecule has 0 atom stereocenters. The van der Waals surface area contributed by atoms with Gasteiger partial charge in [-0.2, -0.15) is 10.3 Å². The minimum atomic E-state index is 0.151. The molecule has 2 aromatic carbocycles. The highest BCUT2D eigenvalue weighted by Gasteiger charge is 2.05. The molecule has 3 rings (SSSR count). The molecule has 8 heteroatoms. The number of hydrogen-bond donors (Lipinski definition) is 3. The lowest BCUT2D eigenvalue weighted by atomic mass is 10.0. The molecule has 0 bridgehead atoms. The van der Waals surface area contributed by atoms with Crippen molar-refractivity contribution in [1.29, 1.82) is 0 Å². The van der Waals surface area contributed by atoms with Crippen LogP contribution in [-0.4, -0.2) is 31.9 Å². The standard InChI is InChI=1S/C12H9BrN6O/c13-8-2-3-9-7(5-8)1-4-11(20)10(9)6-14-15-12-16-18-19-17-12/h1-6,20H,(H2,15,16,17,18,19)/b14-6+. The van der Waals surface area contributed by atoms with Crippen LogP contribution in [0.15, 0.2) is 39.9 Å². The molecule has 0 radical (unpaired) electrons. The van der Waals surface area contributed by atoms with Crippen LogP contribution in [0.2, 0.25) is 0 Å². The molecule has 20 heavy (non-hydrogen) atoms. The maximum Gasteiger partial charge on any atom is 0.283 e. The summed E-state index contributed by atoms with van der Waals surface area (Å²) in [7, 11) is 0. The molecule has 0 saturated carbocycles. The number of phenolic OH excluding ortho intramolecular Hbond substituents is 1. The van der Waals surface area contributed by atoms with Crippen LogP contribution in [0.5, 0.6) is 5.75 Å². The average Bonchev–Trinajstić information content (AvgIpc) is 2.94. The van der Waals surface area contributed by atoms with Gasteiger partial charge in [0.25, 0.3) is 5.95 Å². The van der Waals surface area contributed by atoms with E-state index in [1.54, 1.807) is 6.07 Å². The smallest absolute Gasteiger partial charge is 0.283 e. The Bertz CT molecular complexity index is 771. The summed E-state index contributed by atoms with van der Waals surface area (Å²) in [5.41, 5.74) is 3.23. The van der Waals surface area contributed by atoms with Gasteiger partial charge in [-0.25, -0.2) is 5.43 Å². The molecule has 0 amide bonds. The molecule has 1 aromatic heterocycles. The van der Waals surface area contributed by atoms with E-state index in [0.29, 0.717) is 5.56 Å². The summed E-state index contributed by atoms with van der Waals surface area (Å²) in [6.07, 6.45) is 1.52. The number of hydrazone groups is 1. The van der Waals surface area contributed by atoms with Gasteiger partial charge in [-0.15, -0.1) is 5.10 Å². The van der Waals surface area contributed by atoms with Crippen molar-refractivity contribution in [2.45, 2.75) is 0 Å². The number of halogens is 1. The number of aromatic amines is 1. The van der Waals surface area contributed by atoms with Crippen LogP contribution in [-0.2, 0) is 0 Å². The Morgan fingerprint density at radius 2 is 2.20 bits per heavy atom. The second-order valence-corrected chi connectivity index (χ2v) is 4.88. The van der Waals surface area contributed by atoms with Gasteiger partial charge in [-0.05, 0) is 34.2 Å². The summed E-state index contributed by atoms with van der Waals surface area (Å²) in [5.74, 6) is 0.405. The fourth-order valence-corrected chi connectivity index (χ4v) is 2.19. The molecule has 0 saturated heterocycles. The summed E-state index contributed by atoms with van der Waals surface area (Å²) in [6.45, 7) is 0. The number of hydrogen-bond acceptors (Lipinski definition) is 6. The molecule has 0 aliphatic carbocycles. The van der Waals surface area contributed by atoms with Crippen molar-refractivity contribution >= 4 is 38.9 Å². The van der Waals surface area contributed by atoms with Gasteiger partial charge in [0.1, 0.15) is 5.75 Å². The third-order valence-corrected chi connectivity index (χ3v) is 3.20. The Kier molecular flexibility index (Phi) is 3.30. The zero-order chi connectivity index (χ0) is 13.9. The number of aromatic nitrogens is 4. The Morgan fingerprint density at radius 3 is 3.00 bits per heavy atom. The first-order valence-corrected chi connectivity index (χ1v) is 6.47. The molecule has 0 spiro atoms. The molecule has 0 aliphatic rings. The minimum Gasteiger partial charge on any atom is -0.507 e. The fourth-order valence-electron chi connectivity index (χ4n) is 1.81. The molecule has 1 heterocycles. The zero-order valence-electron chi connectivity index (χ0n) is 10.1. The predicted octanol–water partition coefficient (Wildman–Crippen LogP) is 2.27. The van der Waals surface area contributed by atoms with Crippen molar-refractivity contribution in [1.82, 2.24) is 20.6 Å². The fraction of sp³-hybridized carbons (Fsp3) is 0. The maximum atomic E-state index is 9.95. The van der Waals surface area contributed by atoms with Gasteiger partial charge in [0, 0.05) is 10.0 Å². The Balaban J connectivity index is 1.97. The third-order valence-electron chi connectivity index (χ3n) is 2.70. The summed E-state index contributed by atoms with van der Waals surface area (Å²) in [5, 5.41) is 28.9. The van der Waals surface area contributed by atoms with E-state index in [4.69, 9.17) is 0 Å². The van der Waals surface area contributed by atoms with Crippen LogP contribution in [0.25, 0.3) is 10.8 Å². The summed E-state index contributed by atoms with van der Waals surface area (Å²) >= 11 is 3.42. The van der Waals surface area contributed by atoms with E-state index in [1.807, 2.05) is 24.3 Å². The first-order chi connectivity index (χ1) is 9.74. The molecule has 7 nitrogen and oxygen atoms in total. The monoisotopic (exact) mass is 332 g/mol. The normalized spacial score (nSPS) is 11.2. The van der Waals surface area contributed by atoms with Gasteiger partial charge in [-0.3, -0.25) is 0 Å². The first-order valence-electron chi connectivity index (χ1n) is 5.68. The van der Waals surface area contributed by atoms with Gasteiger partial charge in [0.2, 0.25) is 0 Å². The number of H-pyrrole nitrogens is 1. The minimum absolute atomic E-state index is 0.151. The Hall–Kier alpha value is -2.48. The molecule has 0 unspecified atom stereocenters. The highest BCUT2D eigenvalue weighted by molar-refractivity contribution is 9.10. The number of anilines is 1. The van der Waals surface area contributed by atoms with Crippen molar-refractivity contribution in [3.63, 3.8) is 0 Å². The third kappa shape index (κ3) is 2.45. The van der Waals surface area contributed by atoms with Crippen molar-refractivity contribution in [2.24, 2.45) is 5.10 Å². The molecule has 3 aromatic rings. The van der Waals surface area contributed by atoms with E-state index < -0.39 is 0 Å². The highest BCUT2D eigenvalue weighted by Crippen LogP contribution is 2.27. The second kappa shape index (κ2) is 5.25. The van der Waals surface area contributed by atoms with Crippen LogP contribution >= 0.6 is 15.9 Å². The number of benzene rings is 2. The molecule has 100 valence electrons. The second-order valence-electron chi connectivity index (χ2n) is 3.97. The van der Waals surface area contributed by atoms with E-state index >= 15 is 0 Å². The van der Waals surface area contributed by atoms with Crippen LogP contribution in [0.1, 0.15) is 5.56 Å².